The average molecular weight is 268 g/mol. The van der Waals surface area contributed by atoms with Crippen molar-refractivity contribution in [3.63, 3.8) is 0 Å². The molecule has 0 amide bonds. The van der Waals surface area contributed by atoms with Crippen molar-refractivity contribution in [1.29, 1.82) is 0 Å². The van der Waals surface area contributed by atoms with E-state index in [4.69, 9.17) is 9.98 Å². The molecule has 0 spiro atoms. The minimum absolute atomic E-state index is 0.352. The number of dihydropyridines is 1. The van der Waals surface area contributed by atoms with E-state index in [-0.39, 0.29) is 0 Å². The average Bonchev–Trinajstić information content (AvgIpc) is 2.41. The molecule has 2 heterocycles. The first-order valence-electron chi connectivity index (χ1n) is 7.68. The van der Waals surface area contributed by atoms with Crippen LogP contribution in [0.3, 0.4) is 0 Å². The Kier molecular flexibility index (Phi) is 3.07. The van der Waals surface area contributed by atoms with Gasteiger partial charge in [-0.05, 0) is 60.8 Å². The molecule has 1 aromatic heterocycles. The van der Waals surface area contributed by atoms with Gasteiger partial charge in [0.25, 0.3) is 0 Å². The molecular weight excluding hydrogens is 244 g/mol. The van der Waals surface area contributed by atoms with Gasteiger partial charge in [-0.15, -0.1) is 0 Å². The maximum Gasteiger partial charge on any atom is 0.0922 e. The van der Waals surface area contributed by atoms with E-state index in [1.54, 1.807) is 0 Å². The third kappa shape index (κ3) is 1.77. The zero-order valence-corrected chi connectivity index (χ0v) is 13.4. The smallest absolute Gasteiger partial charge is 0.0922 e. The van der Waals surface area contributed by atoms with Gasteiger partial charge in [-0.2, -0.15) is 0 Å². The molecule has 1 aliphatic carbocycles. The third-order valence-corrected chi connectivity index (χ3v) is 5.37. The number of nitrogens with zero attached hydrogens (tertiary/aromatic N) is 2. The fraction of sp³-hybridized carbons (Fsp3) is 0.556. The van der Waals surface area contributed by atoms with Crippen LogP contribution >= 0.6 is 0 Å². The zero-order chi connectivity index (χ0) is 14.6. The lowest BCUT2D eigenvalue weighted by Gasteiger charge is -2.37. The lowest BCUT2D eigenvalue weighted by atomic mass is 9.71. The topological polar surface area (TPSA) is 25.2 Å². The van der Waals surface area contributed by atoms with Gasteiger partial charge in [-0.25, -0.2) is 0 Å². The normalized spacial score (nSPS) is 32.1. The van der Waals surface area contributed by atoms with Crippen LogP contribution in [0, 0.1) is 25.7 Å². The summed E-state index contributed by atoms with van der Waals surface area (Å²) in [6.45, 7) is 13.5. The number of fused-ring (bicyclic) bond motifs is 3. The highest BCUT2D eigenvalue weighted by atomic mass is 14.9. The van der Waals surface area contributed by atoms with Gasteiger partial charge in [0.1, 0.15) is 0 Å². The van der Waals surface area contributed by atoms with Crippen molar-refractivity contribution in [2.75, 3.05) is 0 Å². The predicted molar refractivity (Wildman–Crippen MR) is 84.5 cm³/mol. The van der Waals surface area contributed by atoms with Crippen LogP contribution in [-0.4, -0.2) is 16.7 Å². The molecular formula is C18H24N2. The van der Waals surface area contributed by atoms with Gasteiger partial charge in [-0.1, -0.05) is 26.8 Å². The Morgan fingerprint density at radius 2 is 1.70 bits per heavy atom. The van der Waals surface area contributed by atoms with Crippen molar-refractivity contribution in [3.8, 4) is 0 Å². The van der Waals surface area contributed by atoms with E-state index in [1.807, 2.05) is 6.20 Å². The number of aromatic nitrogens is 1. The first-order valence-corrected chi connectivity index (χ1v) is 7.68. The number of pyridine rings is 1. The molecule has 0 saturated carbocycles. The maximum atomic E-state index is 4.97. The molecule has 2 aliphatic rings. The summed E-state index contributed by atoms with van der Waals surface area (Å²) in [5.74, 6) is 1.57. The highest BCUT2D eigenvalue weighted by Gasteiger charge is 2.36. The second-order valence-corrected chi connectivity index (χ2v) is 6.61. The predicted octanol–water partition coefficient (Wildman–Crippen LogP) is 4.21. The molecule has 0 aromatic carbocycles. The van der Waals surface area contributed by atoms with Gasteiger partial charge in [0.2, 0.25) is 0 Å². The summed E-state index contributed by atoms with van der Waals surface area (Å²) in [7, 11) is 0. The molecule has 0 unspecified atom stereocenters. The van der Waals surface area contributed by atoms with Crippen molar-refractivity contribution in [2.45, 2.75) is 53.5 Å². The maximum absolute atomic E-state index is 4.97. The van der Waals surface area contributed by atoms with Gasteiger partial charge >= 0.3 is 0 Å². The van der Waals surface area contributed by atoms with Crippen molar-refractivity contribution in [3.05, 3.63) is 40.2 Å². The molecule has 0 fully saturated rings. The number of hydrogen-bond donors (Lipinski definition) is 0. The molecule has 106 valence electrons. The van der Waals surface area contributed by atoms with Crippen molar-refractivity contribution >= 4 is 5.71 Å². The molecule has 0 bridgehead atoms. The lowest BCUT2D eigenvalue weighted by Crippen LogP contribution is -2.32. The van der Waals surface area contributed by atoms with Crippen molar-refractivity contribution < 1.29 is 0 Å². The van der Waals surface area contributed by atoms with Crippen LogP contribution in [0.25, 0.3) is 0 Å². The molecule has 0 N–H and O–H groups in total. The standard InChI is InChI=1S/C18H24N2/c1-9-7-15-12(4)13(5)16-11(3)10(2)8-19-18(16)17(15)20-14(9)6/h7-9,12-14H,1-6H3/t9-,12-,13+,14-/m0/s1. The molecule has 2 heteroatoms. The highest BCUT2D eigenvalue weighted by Crippen LogP contribution is 2.42. The quantitative estimate of drug-likeness (QED) is 0.692. The molecule has 4 atom stereocenters. The minimum atomic E-state index is 0.352. The lowest BCUT2D eigenvalue weighted by molar-refractivity contribution is 0.519. The molecule has 2 nitrogen and oxygen atoms in total. The molecule has 1 aromatic rings. The van der Waals surface area contributed by atoms with Gasteiger partial charge in [-0.3, -0.25) is 9.98 Å². The SMILES string of the molecule is Cc1cnc2c(c1C)[C@H](C)[C@H](C)C1=C[C@H](C)[C@H](C)N=C12. The van der Waals surface area contributed by atoms with Crippen molar-refractivity contribution in [1.82, 2.24) is 4.98 Å². The Balaban J connectivity index is 2.27. The fourth-order valence-electron chi connectivity index (χ4n) is 3.45. The summed E-state index contributed by atoms with van der Waals surface area (Å²) in [4.78, 5) is 9.70. The van der Waals surface area contributed by atoms with Crippen LogP contribution in [0.4, 0.5) is 0 Å². The second-order valence-electron chi connectivity index (χ2n) is 6.61. The van der Waals surface area contributed by atoms with Crippen LogP contribution < -0.4 is 0 Å². The summed E-state index contributed by atoms with van der Waals surface area (Å²) in [5, 5.41) is 0. The van der Waals surface area contributed by atoms with Crippen LogP contribution in [-0.2, 0) is 0 Å². The Labute approximate surface area is 122 Å². The summed E-state index contributed by atoms with van der Waals surface area (Å²) in [5.41, 5.74) is 7.78. The Morgan fingerprint density at radius 3 is 2.40 bits per heavy atom. The van der Waals surface area contributed by atoms with Crippen LogP contribution in [0.5, 0.6) is 0 Å². The Hall–Kier alpha value is -1.44. The zero-order valence-electron chi connectivity index (χ0n) is 13.4. The highest BCUT2D eigenvalue weighted by molar-refractivity contribution is 6.14. The molecule has 1 aliphatic heterocycles. The third-order valence-electron chi connectivity index (χ3n) is 5.37. The molecule has 0 radical (unpaired) electrons. The molecule has 20 heavy (non-hydrogen) atoms. The largest absolute Gasteiger partial charge is 0.279 e. The minimum Gasteiger partial charge on any atom is -0.279 e. The van der Waals surface area contributed by atoms with Crippen LogP contribution in [0.2, 0.25) is 0 Å². The van der Waals surface area contributed by atoms with E-state index >= 15 is 0 Å². The van der Waals surface area contributed by atoms with E-state index in [2.05, 4.69) is 47.6 Å². The van der Waals surface area contributed by atoms with Gasteiger partial charge in [0.15, 0.2) is 0 Å². The van der Waals surface area contributed by atoms with E-state index in [9.17, 15) is 0 Å². The van der Waals surface area contributed by atoms with E-state index < -0.39 is 0 Å². The Bertz CT molecular complexity index is 625. The second kappa shape index (κ2) is 4.54. The summed E-state index contributed by atoms with van der Waals surface area (Å²) < 4.78 is 0. The summed E-state index contributed by atoms with van der Waals surface area (Å²) in [6.07, 6.45) is 4.42. The summed E-state index contributed by atoms with van der Waals surface area (Å²) in [6, 6.07) is 0.352. The van der Waals surface area contributed by atoms with Gasteiger partial charge in [0.05, 0.1) is 17.4 Å². The van der Waals surface area contributed by atoms with Crippen LogP contribution in [0.1, 0.15) is 56.0 Å². The number of aryl methyl sites for hydroxylation is 1. The van der Waals surface area contributed by atoms with E-state index in [0.717, 1.165) is 11.4 Å². The Morgan fingerprint density at radius 1 is 1.00 bits per heavy atom. The van der Waals surface area contributed by atoms with Gasteiger partial charge < -0.3 is 0 Å². The van der Waals surface area contributed by atoms with E-state index in [1.165, 1.54) is 22.3 Å². The monoisotopic (exact) mass is 268 g/mol. The first kappa shape index (κ1) is 13.5. The number of aliphatic imine (C=N–C) groups is 1. The number of rotatable bonds is 0. The molecule has 0 saturated heterocycles. The van der Waals surface area contributed by atoms with Gasteiger partial charge in [0, 0.05) is 6.20 Å². The fourth-order valence-corrected chi connectivity index (χ4v) is 3.45. The van der Waals surface area contributed by atoms with Crippen LogP contribution in [0.15, 0.2) is 22.8 Å². The number of allylic oxidation sites excluding steroid dienone is 1. The van der Waals surface area contributed by atoms with E-state index in [0.29, 0.717) is 23.8 Å². The number of hydrogen-bond acceptors (Lipinski definition) is 2. The summed E-state index contributed by atoms with van der Waals surface area (Å²) >= 11 is 0. The molecule has 3 rings (SSSR count). The van der Waals surface area contributed by atoms with Crippen molar-refractivity contribution in [2.24, 2.45) is 16.8 Å². The first-order chi connectivity index (χ1) is 9.41.